The van der Waals surface area contributed by atoms with E-state index in [1.807, 2.05) is 19.1 Å². The Morgan fingerprint density at radius 3 is 2.55 bits per heavy atom. The molecule has 0 fully saturated rings. The largest absolute Gasteiger partial charge is 0.298 e. The number of hydrogen-bond acceptors (Lipinski definition) is 1. The van der Waals surface area contributed by atoms with Crippen molar-refractivity contribution in [3.8, 4) is 0 Å². The lowest BCUT2D eigenvalue weighted by atomic mass is 10.2. The van der Waals surface area contributed by atoms with Gasteiger partial charge in [0.05, 0.1) is 0 Å². The summed E-state index contributed by atoms with van der Waals surface area (Å²) in [5, 5.41) is 0. The summed E-state index contributed by atoms with van der Waals surface area (Å²) >= 11 is 0. The Bertz CT molecular complexity index is 207. The summed E-state index contributed by atoms with van der Waals surface area (Å²) in [6.45, 7) is 5.40. The van der Waals surface area contributed by atoms with E-state index in [1.165, 1.54) is 0 Å². The fraction of sp³-hybridized carbons (Fsp3) is 0.100. The molecule has 0 bridgehead atoms. The average molecular weight is 148 g/mol. The molecule has 0 atom stereocenters. The van der Waals surface area contributed by atoms with Crippen molar-refractivity contribution in [2.75, 3.05) is 0 Å². The summed E-state index contributed by atoms with van der Waals surface area (Å²) in [7, 11) is 0. The van der Waals surface area contributed by atoms with E-state index in [0.717, 1.165) is 6.29 Å². The van der Waals surface area contributed by atoms with Crippen LogP contribution < -0.4 is 0 Å². The summed E-state index contributed by atoms with van der Waals surface area (Å²) in [6.07, 6.45) is 11.3. The zero-order valence-corrected chi connectivity index (χ0v) is 6.66. The first-order valence-corrected chi connectivity index (χ1v) is 3.42. The third-order valence-corrected chi connectivity index (χ3v) is 1.04. The molecule has 0 aromatic carbocycles. The van der Waals surface area contributed by atoms with Gasteiger partial charge in [-0.3, -0.25) is 4.79 Å². The number of carbonyl (C=O) groups is 1. The molecule has 0 unspecified atom stereocenters. The zero-order chi connectivity index (χ0) is 8.53. The Balaban J connectivity index is 4.26. The Hall–Kier alpha value is -1.37. The van der Waals surface area contributed by atoms with Crippen molar-refractivity contribution in [2.45, 2.75) is 6.92 Å². The molecule has 0 rings (SSSR count). The predicted molar refractivity (Wildman–Crippen MR) is 48.3 cm³/mol. The molecule has 0 saturated heterocycles. The van der Waals surface area contributed by atoms with Crippen LogP contribution in [-0.2, 0) is 4.79 Å². The molecule has 0 N–H and O–H groups in total. The van der Waals surface area contributed by atoms with E-state index >= 15 is 0 Å². The quantitative estimate of drug-likeness (QED) is 0.340. The third-order valence-electron chi connectivity index (χ3n) is 1.04. The Morgan fingerprint density at radius 2 is 2.09 bits per heavy atom. The molecule has 11 heavy (non-hydrogen) atoms. The number of hydrogen-bond donors (Lipinski definition) is 0. The van der Waals surface area contributed by atoms with Crippen molar-refractivity contribution in [2.24, 2.45) is 0 Å². The monoisotopic (exact) mass is 148 g/mol. The van der Waals surface area contributed by atoms with Crippen LogP contribution in [0, 0.1) is 0 Å². The van der Waals surface area contributed by atoms with Gasteiger partial charge in [0.15, 0.2) is 0 Å². The third kappa shape index (κ3) is 5.09. The number of rotatable bonds is 4. The second-order valence-corrected chi connectivity index (χ2v) is 1.91. The summed E-state index contributed by atoms with van der Waals surface area (Å²) in [4.78, 5) is 10.3. The molecule has 0 spiro atoms. The highest BCUT2D eigenvalue weighted by atomic mass is 16.1. The van der Waals surface area contributed by atoms with Gasteiger partial charge in [-0.25, -0.2) is 0 Å². The smallest absolute Gasteiger partial charge is 0.150 e. The molecule has 58 valence electrons. The summed E-state index contributed by atoms with van der Waals surface area (Å²) in [6, 6.07) is 0. The van der Waals surface area contributed by atoms with Gasteiger partial charge in [0.2, 0.25) is 0 Å². The molecule has 0 aliphatic rings. The SMILES string of the molecule is C=C\C=C/C(C=O)=C\C=C/C. The Kier molecular flexibility index (Phi) is 5.91. The van der Waals surface area contributed by atoms with Crippen molar-refractivity contribution >= 4 is 6.29 Å². The highest BCUT2D eigenvalue weighted by Crippen LogP contribution is 1.93. The standard InChI is InChI=1S/C10H12O/c1-3-5-7-10(9-11)8-6-4-2/h3-9H,1H2,2H3/b6-4-,7-5-,10-8+. The second-order valence-electron chi connectivity index (χ2n) is 1.91. The maximum absolute atomic E-state index is 10.3. The highest BCUT2D eigenvalue weighted by molar-refractivity contribution is 5.78. The fourth-order valence-corrected chi connectivity index (χ4v) is 0.521. The zero-order valence-electron chi connectivity index (χ0n) is 6.66. The molecule has 0 heterocycles. The average Bonchev–Trinajstić information content (AvgIpc) is 2.05. The summed E-state index contributed by atoms with van der Waals surface area (Å²) in [5.41, 5.74) is 0.642. The first-order valence-electron chi connectivity index (χ1n) is 3.42. The summed E-state index contributed by atoms with van der Waals surface area (Å²) in [5.74, 6) is 0. The van der Waals surface area contributed by atoms with Gasteiger partial charge in [0.1, 0.15) is 6.29 Å². The molecule has 0 aromatic rings. The van der Waals surface area contributed by atoms with E-state index in [-0.39, 0.29) is 0 Å². The van der Waals surface area contributed by atoms with Gasteiger partial charge in [-0.2, -0.15) is 0 Å². The fourth-order valence-electron chi connectivity index (χ4n) is 0.521. The van der Waals surface area contributed by atoms with Gasteiger partial charge in [-0.05, 0) is 6.92 Å². The Labute approximate surface area is 67.4 Å². The molecular weight excluding hydrogens is 136 g/mol. The molecular formula is C10H12O. The van der Waals surface area contributed by atoms with E-state index in [9.17, 15) is 4.79 Å². The van der Waals surface area contributed by atoms with E-state index in [2.05, 4.69) is 6.58 Å². The van der Waals surface area contributed by atoms with Crippen molar-refractivity contribution in [3.63, 3.8) is 0 Å². The minimum Gasteiger partial charge on any atom is -0.298 e. The maximum Gasteiger partial charge on any atom is 0.150 e. The predicted octanol–water partition coefficient (Wildman–Crippen LogP) is 2.43. The lowest BCUT2D eigenvalue weighted by molar-refractivity contribution is -0.104. The molecule has 1 heteroatoms. The van der Waals surface area contributed by atoms with Gasteiger partial charge in [-0.15, -0.1) is 0 Å². The number of allylic oxidation sites excluding steroid dienone is 7. The van der Waals surface area contributed by atoms with Crippen LogP contribution in [0.25, 0.3) is 0 Å². The lowest BCUT2D eigenvalue weighted by Gasteiger charge is -1.83. The summed E-state index contributed by atoms with van der Waals surface area (Å²) < 4.78 is 0. The van der Waals surface area contributed by atoms with E-state index in [4.69, 9.17) is 0 Å². The normalized spacial score (nSPS) is 12.6. The lowest BCUT2D eigenvalue weighted by Crippen LogP contribution is -1.75. The molecule has 1 nitrogen and oxygen atoms in total. The first-order chi connectivity index (χ1) is 5.35. The van der Waals surface area contributed by atoms with E-state index < -0.39 is 0 Å². The van der Waals surface area contributed by atoms with Crippen LogP contribution in [0.3, 0.4) is 0 Å². The van der Waals surface area contributed by atoms with Crippen LogP contribution >= 0.6 is 0 Å². The van der Waals surface area contributed by atoms with Gasteiger partial charge < -0.3 is 0 Å². The van der Waals surface area contributed by atoms with Gasteiger partial charge >= 0.3 is 0 Å². The van der Waals surface area contributed by atoms with Crippen LogP contribution in [-0.4, -0.2) is 6.29 Å². The molecule has 0 radical (unpaired) electrons. The molecule has 0 aliphatic carbocycles. The van der Waals surface area contributed by atoms with Crippen LogP contribution in [0.15, 0.2) is 48.6 Å². The minimum atomic E-state index is 0.642. The van der Waals surface area contributed by atoms with Gasteiger partial charge in [0.25, 0.3) is 0 Å². The minimum absolute atomic E-state index is 0.642. The van der Waals surface area contributed by atoms with Crippen molar-refractivity contribution in [3.05, 3.63) is 48.6 Å². The van der Waals surface area contributed by atoms with Gasteiger partial charge in [0, 0.05) is 5.57 Å². The van der Waals surface area contributed by atoms with Crippen LogP contribution in [0.1, 0.15) is 6.92 Å². The molecule has 0 aliphatic heterocycles. The van der Waals surface area contributed by atoms with Crippen LogP contribution in [0.5, 0.6) is 0 Å². The Morgan fingerprint density at radius 1 is 1.36 bits per heavy atom. The first kappa shape index (κ1) is 9.63. The van der Waals surface area contributed by atoms with Crippen LogP contribution in [0.2, 0.25) is 0 Å². The van der Waals surface area contributed by atoms with E-state index in [1.54, 1.807) is 24.3 Å². The van der Waals surface area contributed by atoms with E-state index in [0.29, 0.717) is 5.57 Å². The maximum atomic E-state index is 10.3. The number of aldehydes is 1. The topological polar surface area (TPSA) is 17.1 Å². The van der Waals surface area contributed by atoms with Crippen molar-refractivity contribution < 1.29 is 4.79 Å². The van der Waals surface area contributed by atoms with Gasteiger partial charge in [-0.1, -0.05) is 43.0 Å². The highest BCUT2D eigenvalue weighted by Gasteiger charge is 1.82. The van der Waals surface area contributed by atoms with Crippen molar-refractivity contribution in [1.29, 1.82) is 0 Å². The van der Waals surface area contributed by atoms with Crippen molar-refractivity contribution in [1.82, 2.24) is 0 Å². The molecule has 0 aromatic heterocycles. The van der Waals surface area contributed by atoms with Crippen LogP contribution in [0.4, 0.5) is 0 Å². The molecule has 0 saturated carbocycles. The second kappa shape index (κ2) is 6.75. The number of carbonyl (C=O) groups excluding carboxylic acids is 1. The molecule has 0 amide bonds.